The van der Waals surface area contributed by atoms with Gasteiger partial charge in [0, 0.05) is 47.6 Å². The van der Waals surface area contributed by atoms with Crippen molar-refractivity contribution in [2.45, 2.75) is 56.8 Å². The number of aromatic nitrogens is 2. The van der Waals surface area contributed by atoms with Crippen LogP contribution in [-0.4, -0.2) is 64.2 Å². The first-order valence-electron chi connectivity index (χ1n) is 17.8. The van der Waals surface area contributed by atoms with Crippen molar-refractivity contribution in [3.05, 3.63) is 140 Å². The smallest absolute Gasteiger partial charge is 0.279 e. The van der Waals surface area contributed by atoms with Crippen molar-refractivity contribution in [1.29, 1.82) is 0 Å². The Bertz CT molecular complexity index is 2320. The van der Waals surface area contributed by atoms with Gasteiger partial charge in [-0.3, -0.25) is 24.5 Å². The number of hydrogen-bond donors (Lipinski definition) is 1. The van der Waals surface area contributed by atoms with Crippen molar-refractivity contribution in [3.8, 4) is 5.69 Å². The Balaban J connectivity index is 1.25. The number of nitro benzene ring substituents is 1. The van der Waals surface area contributed by atoms with Gasteiger partial charge < -0.3 is 23.8 Å². The molecular weight excluding hydrogens is 710 g/mol. The molecule has 2 amide bonds. The van der Waals surface area contributed by atoms with Gasteiger partial charge in [0.25, 0.3) is 17.2 Å². The number of ether oxygens (including phenoxy) is 1. The van der Waals surface area contributed by atoms with Crippen LogP contribution in [0.1, 0.15) is 30.0 Å². The molecule has 7 rings (SSSR count). The number of nitrogens with zero attached hydrogens (tertiary/aromatic N) is 5. The standard InChI is InChI=1S/C40H40FN5O7Si/c1-26-37(54(2,3)41)35(22-36(48)43(18-19-47)24-27-10-5-4-6-11-27)53-40(26)33-21-31(46(51)52)16-17-34(33)44(39(40)50)25-28-12-9-14-30(20-28)45-38(49)32-15-8-7-13-29(32)23-42-45/h4-17,20-21,23,26,35,37,47H,18-19,22,24-25H2,1-3H3/t26-,35+,37-,40+/m1/s1. The largest absolute Gasteiger partial charge is 0.395 e. The number of nitro groups is 1. The van der Waals surface area contributed by atoms with E-state index in [9.17, 15) is 29.6 Å². The minimum absolute atomic E-state index is 0.00368. The number of fused-ring (bicyclic) bond motifs is 3. The number of non-ortho nitro benzene ring substituents is 1. The van der Waals surface area contributed by atoms with Gasteiger partial charge in [-0.1, -0.05) is 67.6 Å². The summed E-state index contributed by atoms with van der Waals surface area (Å²) in [6.07, 6.45) is 0.329. The molecule has 2 aliphatic heterocycles. The Labute approximate surface area is 311 Å². The van der Waals surface area contributed by atoms with E-state index < -0.39 is 42.4 Å². The fourth-order valence-electron chi connectivity index (χ4n) is 8.27. The number of anilines is 1. The lowest BCUT2D eigenvalue weighted by atomic mass is 9.82. The maximum absolute atomic E-state index is 16.5. The van der Waals surface area contributed by atoms with Gasteiger partial charge in [0.2, 0.25) is 14.3 Å². The average Bonchev–Trinajstić information content (AvgIpc) is 3.57. The number of benzene rings is 4. The van der Waals surface area contributed by atoms with Gasteiger partial charge in [-0.15, -0.1) is 0 Å². The number of halogens is 1. The Morgan fingerprint density at radius 2 is 1.74 bits per heavy atom. The lowest BCUT2D eigenvalue weighted by Gasteiger charge is -2.31. The van der Waals surface area contributed by atoms with Crippen LogP contribution in [-0.2, 0) is 33.0 Å². The molecule has 5 aromatic rings. The SMILES string of the molecule is C[C@@H]1[C@@H]([Si](C)(C)F)[C@H](CC(=O)N(CCO)Cc2ccccc2)O[C@@]12C(=O)N(Cc1cccc(-n3ncc4ccccc4c3=O)c1)c1ccc([N+](=O)[O-])cc12. The molecule has 0 radical (unpaired) electrons. The van der Waals surface area contributed by atoms with Crippen LogP contribution < -0.4 is 10.5 Å². The maximum Gasteiger partial charge on any atom is 0.279 e. The van der Waals surface area contributed by atoms with E-state index in [0.717, 1.165) is 5.56 Å². The van der Waals surface area contributed by atoms with Crippen LogP contribution in [0.2, 0.25) is 18.6 Å². The summed E-state index contributed by atoms with van der Waals surface area (Å²) in [7, 11) is -3.68. The Morgan fingerprint density at radius 1 is 1.02 bits per heavy atom. The molecule has 54 heavy (non-hydrogen) atoms. The van der Waals surface area contributed by atoms with Gasteiger partial charge in [0.1, 0.15) is 0 Å². The van der Waals surface area contributed by atoms with Gasteiger partial charge in [-0.05, 0) is 48.5 Å². The average molecular weight is 750 g/mol. The summed E-state index contributed by atoms with van der Waals surface area (Å²) in [4.78, 5) is 56.7. The molecule has 2 aliphatic rings. The molecule has 278 valence electrons. The number of aliphatic hydroxyl groups excluding tert-OH is 1. The first-order valence-corrected chi connectivity index (χ1v) is 20.8. The zero-order valence-corrected chi connectivity index (χ0v) is 31.1. The number of hydrogen-bond acceptors (Lipinski definition) is 8. The molecule has 0 saturated carbocycles. The van der Waals surface area contributed by atoms with Crippen LogP contribution in [0.4, 0.5) is 15.5 Å². The number of carbonyl (C=O) groups is 2. The summed E-state index contributed by atoms with van der Waals surface area (Å²) in [5, 5.41) is 27.4. The van der Waals surface area contributed by atoms with Crippen LogP contribution in [0, 0.1) is 16.0 Å². The lowest BCUT2D eigenvalue weighted by Crippen LogP contribution is -2.45. The second-order valence-electron chi connectivity index (χ2n) is 14.5. The first-order chi connectivity index (χ1) is 25.8. The minimum Gasteiger partial charge on any atom is -0.395 e. The van der Waals surface area contributed by atoms with Crippen molar-refractivity contribution in [1.82, 2.24) is 14.7 Å². The summed E-state index contributed by atoms with van der Waals surface area (Å²) < 4.78 is 24.5. The van der Waals surface area contributed by atoms with Crippen LogP contribution in [0.15, 0.2) is 108 Å². The third-order valence-electron chi connectivity index (χ3n) is 10.7. The summed E-state index contributed by atoms with van der Waals surface area (Å²) in [5.41, 5.74) is -0.634. The van der Waals surface area contributed by atoms with Gasteiger partial charge in [0.15, 0.2) is 5.60 Å². The molecule has 1 N–H and O–H groups in total. The summed E-state index contributed by atoms with van der Waals surface area (Å²) in [6.45, 7) is 4.74. The molecule has 12 nitrogen and oxygen atoms in total. The van der Waals surface area contributed by atoms with E-state index in [0.29, 0.717) is 27.7 Å². The highest BCUT2D eigenvalue weighted by Gasteiger charge is 2.67. The molecule has 14 heteroatoms. The molecule has 1 fully saturated rings. The minimum atomic E-state index is -3.68. The Kier molecular flexibility index (Phi) is 9.77. The highest BCUT2D eigenvalue weighted by molar-refractivity contribution is 6.72. The molecule has 1 saturated heterocycles. The van der Waals surface area contributed by atoms with Crippen molar-refractivity contribution in [3.63, 3.8) is 0 Å². The summed E-state index contributed by atoms with van der Waals surface area (Å²) >= 11 is 0. The molecule has 4 aromatic carbocycles. The van der Waals surface area contributed by atoms with Crippen molar-refractivity contribution >= 4 is 42.4 Å². The molecule has 3 heterocycles. The van der Waals surface area contributed by atoms with E-state index in [1.807, 2.05) is 36.4 Å². The molecule has 4 atom stereocenters. The molecule has 1 spiro atoms. The highest BCUT2D eigenvalue weighted by atomic mass is 28.4. The van der Waals surface area contributed by atoms with E-state index >= 15 is 4.11 Å². The fraction of sp³-hybridized carbons (Fsp3) is 0.300. The third-order valence-corrected chi connectivity index (χ3v) is 13.1. The normalized spacial score (nSPS) is 20.8. The predicted octanol–water partition coefficient (Wildman–Crippen LogP) is 6.03. The Hall–Kier alpha value is -5.57. The zero-order chi connectivity index (χ0) is 38.4. The summed E-state index contributed by atoms with van der Waals surface area (Å²) in [5.74, 6) is -1.69. The van der Waals surface area contributed by atoms with Gasteiger partial charge >= 0.3 is 0 Å². The first kappa shape index (κ1) is 36.8. The summed E-state index contributed by atoms with van der Waals surface area (Å²) in [6, 6.07) is 27.6. The van der Waals surface area contributed by atoms with E-state index in [1.165, 1.54) is 45.8 Å². The molecule has 0 unspecified atom stereocenters. The fourth-order valence-corrected chi connectivity index (χ4v) is 10.8. The van der Waals surface area contributed by atoms with Gasteiger partial charge in [-0.2, -0.15) is 9.78 Å². The van der Waals surface area contributed by atoms with Gasteiger partial charge in [-0.25, -0.2) is 0 Å². The van der Waals surface area contributed by atoms with E-state index in [2.05, 4.69) is 5.10 Å². The van der Waals surface area contributed by atoms with Crippen molar-refractivity contribution in [2.24, 2.45) is 5.92 Å². The molecule has 0 bridgehead atoms. The molecule has 1 aromatic heterocycles. The highest BCUT2D eigenvalue weighted by Crippen LogP contribution is 2.60. The van der Waals surface area contributed by atoms with E-state index in [-0.39, 0.29) is 55.4 Å². The van der Waals surface area contributed by atoms with Crippen molar-refractivity contribution < 1.29 is 28.5 Å². The van der Waals surface area contributed by atoms with E-state index in [1.54, 1.807) is 55.6 Å². The predicted molar refractivity (Wildman–Crippen MR) is 203 cm³/mol. The second-order valence-corrected chi connectivity index (χ2v) is 18.3. The topological polar surface area (TPSA) is 148 Å². The van der Waals surface area contributed by atoms with Gasteiger partial charge in [0.05, 0.1) is 53.6 Å². The zero-order valence-electron chi connectivity index (χ0n) is 30.1. The monoisotopic (exact) mass is 749 g/mol. The second kappa shape index (κ2) is 14.3. The third kappa shape index (κ3) is 6.50. The Morgan fingerprint density at radius 3 is 2.46 bits per heavy atom. The maximum atomic E-state index is 16.5. The van der Waals surface area contributed by atoms with Crippen molar-refractivity contribution in [2.75, 3.05) is 18.1 Å². The number of rotatable bonds is 11. The van der Waals surface area contributed by atoms with Crippen LogP contribution >= 0.6 is 0 Å². The van der Waals surface area contributed by atoms with Crippen LogP contribution in [0.25, 0.3) is 16.5 Å². The lowest BCUT2D eigenvalue weighted by molar-refractivity contribution is -0.385. The number of aliphatic hydroxyl groups is 1. The number of amides is 2. The van der Waals surface area contributed by atoms with Crippen LogP contribution in [0.5, 0.6) is 0 Å². The van der Waals surface area contributed by atoms with Crippen LogP contribution in [0.3, 0.4) is 0 Å². The van der Waals surface area contributed by atoms with E-state index in [4.69, 9.17) is 4.74 Å². The molecule has 0 aliphatic carbocycles. The quantitative estimate of drug-likeness (QED) is 0.0746. The number of carbonyl (C=O) groups excluding carboxylic acids is 2. The molecular formula is C40H40FN5O7Si.